The fourth-order valence-corrected chi connectivity index (χ4v) is 2.30. The summed E-state index contributed by atoms with van der Waals surface area (Å²) in [4.78, 5) is 37.5. The van der Waals surface area contributed by atoms with Crippen LogP contribution >= 0.6 is 0 Å². The Bertz CT molecular complexity index is 467. The Morgan fingerprint density at radius 2 is 1.95 bits per heavy atom. The highest BCUT2D eigenvalue weighted by molar-refractivity contribution is 6.15. The number of carbonyl (C=O) groups is 3. The van der Waals surface area contributed by atoms with E-state index in [0.29, 0.717) is 0 Å². The highest BCUT2D eigenvalue weighted by Gasteiger charge is 2.59. The third-order valence-electron chi connectivity index (χ3n) is 3.12. The number of β-amino-alcohol motifs (C(OH)–C–C–N with tert-alkyl or cyclic N) is 1. The zero-order chi connectivity index (χ0) is 16.4. The lowest BCUT2D eigenvalue weighted by atomic mass is 9.90. The Kier molecular flexibility index (Phi) is 4.78. The lowest BCUT2D eigenvalue weighted by Crippen LogP contribution is -2.59. The number of carbonyl (C=O) groups excluding carboxylic acids is 3. The van der Waals surface area contributed by atoms with Crippen LogP contribution in [-0.2, 0) is 19.1 Å². The summed E-state index contributed by atoms with van der Waals surface area (Å²) in [6.07, 6.45) is -1.20. The molecule has 1 saturated heterocycles. The minimum absolute atomic E-state index is 0.191. The van der Waals surface area contributed by atoms with Gasteiger partial charge < -0.3 is 14.6 Å². The van der Waals surface area contributed by atoms with Gasteiger partial charge in [0.15, 0.2) is 5.78 Å². The number of likely N-dealkylation sites (tertiary alicyclic amines) is 1. The van der Waals surface area contributed by atoms with Crippen molar-refractivity contribution < 1.29 is 29.0 Å². The molecular weight excluding hydrogens is 278 g/mol. The van der Waals surface area contributed by atoms with Gasteiger partial charge in [-0.1, -0.05) is 6.58 Å². The van der Waals surface area contributed by atoms with Gasteiger partial charge in [-0.15, -0.1) is 0 Å². The fraction of sp³-hybridized carbons (Fsp3) is 0.643. The second-order valence-electron chi connectivity index (χ2n) is 5.87. The number of hydrogen-bond donors (Lipinski definition) is 1. The summed E-state index contributed by atoms with van der Waals surface area (Å²) in [5, 5.41) is 9.83. The quantitative estimate of drug-likeness (QED) is 0.467. The van der Waals surface area contributed by atoms with E-state index in [2.05, 4.69) is 11.3 Å². The molecule has 1 heterocycles. The van der Waals surface area contributed by atoms with Crippen LogP contribution < -0.4 is 0 Å². The van der Waals surface area contributed by atoms with Crippen LogP contribution in [0.2, 0.25) is 0 Å². The lowest BCUT2D eigenvalue weighted by molar-refractivity contribution is -0.157. The fourth-order valence-electron chi connectivity index (χ4n) is 2.30. The van der Waals surface area contributed by atoms with Crippen LogP contribution in [0.1, 0.15) is 27.2 Å². The monoisotopic (exact) mass is 299 g/mol. The summed E-state index contributed by atoms with van der Waals surface area (Å²) in [7, 11) is 1.11. The summed E-state index contributed by atoms with van der Waals surface area (Å²) in [5.41, 5.74) is -2.72. The van der Waals surface area contributed by atoms with Crippen molar-refractivity contribution in [1.82, 2.24) is 4.90 Å². The van der Waals surface area contributed by atoms with E-state index in [1.807, 2.05) is 0 Å². The number of methoxy groups -OCH3 is 1. The second kappa shape index (κ2) is 5.85. The van der Waals surface area contributed by atoms with Crippen molar-refractivity contribution in [3.05, 3.63) is 12.7 Å². The van der Waals surface area contributed by atoms with Gasteiger partial charge in [0.2, 0.25) is 5.54 Å². The van der Waals surface area contributed by atoms with Crippen LogP contribution in [0.5, 0.6) is 0 Å². The molecule has 2 atom stereocenters. The number of aliphatic hydroxyl groups excluding tert-OH is 1. The predicted molar refractivity (Wildman–Crippen MR) is 73.5 cm³/mol. The molecule has 0 radical (unpaired) electrons. The zero-order valence-electron chi connectivity index (χ0n) is 12.7. The number of ether oxygens (including phenoxy) is 2. The molecule has 7 nitrogen and oxygen atoms in total. The molecule has 0 aromatic heterocycles. The van der Waals surface area contributed by atoms with Gasteiger partial charge in [-0.25, -0.2) is 9.59 Å². The molecule has 0 saturated carbocycles. The minimum atomic E-state index is -1.92. The highest BCUT2D eigenvalue weighted by Crippen LogP contribution is 2.33. The van der Waals surface area contributed by atoms with Crippen molar-refractivity contribution in [1.29, 1.82) is 0 Å². The Morgan fingerprint density at radius 1 is 1.38 bits per heavy atom. The van der Waals surface area contributed by atoms with E-state index in [0.717, 1.165) is 18.1 Å². The molecule has 1 N–H and O–H groups in total. The van der Waals surface area contributed by atoms with E-state index < -0.39 is 35.1 Å². The lowest BCUT2D eigenvalue weighted by Gasteiger charge is -2.34. The van der Waals surface area contributed by atoms with Crippen molar-refractivity contribution in [3.63, 3.8) is 0 Å². The summed E-state index contributed by atoms with van der Waals surface area (Å²) in [6, 6.07) is 0. The second-order valence-corrected chi connectivity index (χ2v) is 5.87. The number of ketones is 1. The first-order chi connectivity index (χ1) is 9.58. The number of amides is 1. The summed E-state index contributed by atoms with van der Waals surface area (Å²) in [6.45, 7) is 8.13. The van der Waals surface area contributed by atoms with Crippen molar-refractivity contribution in [2.75, 3.05) is 13.7 Å². The molecule has 0 spiro atoms. The number of hydrogen-bond acceptors (Lipinski definition) is 6. The molecule has 21 heavy (non-hydrogen) atoms. The van der Waals surface area contributed by atoms with Crippen LogP contribution in [0, 0.1) is 0 Å². The maximum absolute atomic E-state index is 12.3. The van der Waals surface area contributed by atoms with Crippen molar-refractivity contribution >= 4 is 17.8 Å². The Hall–Kier alpha value is -1.89. The maximum atomic E-state index is 12.3. The van der Waals surface area contributed by atoms with Gasteiger partial charge in [0.1, 0.15) is 5.60 Å². The van der Waals surface area contributed by atoms with Gasteiger partial charge in [-0.05, 0) is 26.8 Å². The maximum Gasteiger partial charge on any atom is 0.411 e. The molecule has 1 amide bonds. The van der Waals surface area contributed by atoms with E-state index in [1.54, 1.807) is 20.8 Å². The standard InChI is InChI=1S/C14H21NO6/c1-6-10(17)14(11(18)20-5)7-9(16)8-15(14)12(19)21-13(2,3)4/h6,9,16H,1,7-8H2,2-5H3/t9-,14-/m1/s1. The van der Waals surface area contributed by atoms with E-state index >= 15 is 0 Å². The van der Waals surface area contributed by atoms with E-state index in [4.69, 9.17) is 4.74 Å². The number of nitrogens with zero attached hydrogens (tertiary/aromatic N) is 1. The first-order valence-corrected chi connectivity index (χ1v) is 6.52. The predicted octanol–water partition coefficient (Wildman–Crippen LogP) is 0.655. The SMILES string of the molecule is C=CC(=O)[C@@]1(C(=O)OC)C[C@@H](O)CN1C(=O)OC(C)(C)C. The molecule has 0 aromatic carbocycles. The average molecular weight is 299 g/mol. The van der Waals surface area contributed by atoms with E-state index in [-0.39, 0.29) is 13.0 Å². The molecule has 0 aromatic rings. The van der Waals surface area contributed by atoms with Gasteiger partial charge in [0.25, 0.3) is 0 Å². The molecule has 1 rings (SSSR count). The van der Waals surface area contributed by atoms with Gasteiger partial charge in [-0.2, -0.15) is 0 Å². The largest absolute Gasteiger partial charge is 0.467 e. The van der Waals surface area contributed by atoms with Crippen molar-refractivity contribution in [2.45, 2.75) is 44.4 Å². The minimum Gasteiger partial charge on any atom is -0.467 e. The van der Waals surface area contributed by atoms with Gasteiger partial charge >= 0.3 is 12.1 Å². The number of aliphatic hydroxyl groups is 1. The first kappa shape index (κ1) is 17.2. The number of rotatable bonds is 3. The van der Waals surface area contributed by atoms with Gasteiger partial charge in [0, 0.05) is 6.42 Å². The molecule has 1 aliphatic rings. The Balaban J connectivity index is 3.25. The van der Waals surface area contributed by atoms with E-state index in [9.17, 15) is 19.5 Å². The zero-order valence-corrected chi connectivity index (χ0v) is 12.7. The van der Waals surface area contributed by atoms with Crippen LogP contribution in [0.25, 0.3) is 0 Å². The molecule has 1 aliphatic heterocycles. The molecule has 1 fully saturated rings. The topological polar surface area (TPSA) is 93.1 Å². The highest BCUT2D eigenvalue weighted by atomic mass is 16.6. The first-order valence-electron chi connectivity index (χ1n) is 6.52. The van der Waals surface area contributed by atoms with Crippen LogP contribution in [0.15, 0.2) is 12.7 Å². The summed E-state index contributed by atoms with van der Waals surface area (Å²) >= 11 is 0. The van der Waals surface area contributed by atoms with Crippen molar-refractivity contribution in [3.8, 4) is 0 Å². The van der Waals surface area contributed by atoms with Crippen LogP contribution in [0.3, 0.4) is 0 Å². The van der Waals surface area contributed by atoms with Crippen LogP contribution in [-0.4, -0.2) is 58.8 Å². The van der Waals surface area contributed by atoms with Crippen LogP contribution in [0.4, 0.5) is 4.79 Å². The molecular formula is C14H21NO6. The Morgan fingerprint density at radius 3 is 2.38 bits per heavy atom. The molecule has 0 aliphatic carbocycles. The van der Waals surface area contributed by atoms with Crippen molar-refractivity contribution in [2.24, 2.45) is 0 Å². The summed E-state index contributed by atoms with van der Waals surface area (Å²) in [5.74, 6) is -1.63. The smallest absolute Gasteiger partial charge is 0.411 e. The Labute approximate surface area is 123 Å². The molecule has 7 heteroatoms. The van der Waals surface area contributed by atoms with E-state index in [1.165, 1.54) is 0 Å². The van der Waals surface area contributed by atoms with Gasteiger partial charge in [0.05, 0.1) is 19.8 Å². The average Bonchev–Trinajstić information content (AvgIpc) is 2.73. The van der Waals surface area contributed by atoms with Gasteiger partial charge in [-0.3, -0.25) is 9.69 Å². The molecule has 0 unspecified atom stereocenters. The summed E-state index contributed by atoms with van der Waals surface area (Å²) < 4.78 is 9.85. The number of esters is 1. The third kappa shape index (κ3) is 3.24. The normalized spacial score (nSPS) is 25.4. The third-order valence-corrected chi connectivity index (χ3v) is 3.12. The molecule has 118 valence electrons. The molecule has 0 bridgehead atoms.